The molecule has 0 saturated carbocycles. The summed E-state index contributed by atoms with van der Waals surface area (Å²) < 4.78 is 1.74. The fraction of sp³-hybridized carbons (Fsp3) is 0.333. The largest absolute Gasteiger partial charge is 0.354 e. The van der Waals surface area contributed by atoms with Crippen molar-refractivity contribution in [3.8, 4) is 5.69 Å². The monoisotopic (exact) mass is 452 g/mol. The zero-order valence-electron chi connectivity index (χ0n) is 18.7. The number of aromatic nitrogens is 2. The SMILES string of the molecule is CCC(C)NC(=O)CCNC(=O)c1ccc2c(=O)n(-c3cccc(C)c3C)c(=S)[nH]c2c1. The third kappa shape index (κ3) is 4.96. The summed E-state index contributed by atoms with van der Waals surface area (Å²) >= 11 is 5.47. The number of hydrogen-bond donors (Lipinski definition) is 3. The Morgan fingerprint density at radius 3 is 2.66 bits per heavy atom. The van der Waals surface area contributed by atoms with Crippen LogP contribution in [-0.2, 0) is 4.79 Å². The molecule has 3 rings (SSSR count). The third-order valence-corrected chi connectivity index (χ3v) is 5.92. The molecule has 0 fully saturated rings. The van der Waals surface area contributed by atoms with E-state index in [1.54, 1.807) is 18.2 Å². The number of nitrogens with one attached hydrogen (secondary N) is 3. The zero-order chi connectivity index (χ0) is 23.4. The maximum atomic E-state index is 13.2. The van der Waals surface area contributed by atoms with Crippen LogP contribution >= 0.6 is 12.2 Å². The Hall–Kier alpha value is -3.26. The first-order valence-electron chi connectivity index (χ1n) is 10.7. The Labute approximate surface area is 191 Å². The van der Waals surface area contributed by atoms with E-state index >= 15 is 0 Å². The second-order valence-corrected chi connectivity index (χ2v) is 8.32. The molecular weight excluding hydrogens is 424 g/mol. The first kappa shape index (κ1) is 23.4. The Balaban J connectivity index is 1.83. The van der Waals surface area contributed by atoms with Crippen LogP contribution in [0.4, 0.5) is 0 Å². The molecule has 0 bridgehead atoms. The van der Waals surface area contributed by atoms with Gasteiger partial charge in [-0.05, 0) is 74.8 Å². The van der Waals surface area contributed by atoms with E-state index in [9.17, 15) is 14.4 Å². The summed E-state index contributed by atoms with van der Waals surface area (Å²) in [6, 6.07) is 10.7. The minimum Gasteiger partial charge on any atom is -0.354 e. The van der Waals surface area contributed by atoms with Crippen LogP contribution in [-0.4, -0.2) is 34.0 Å². The topological polar surface area (TPSA) is 96.0 Å². The van der Waals surface area contributed by atoms with Crippen molar-refractivity contribution < 1.29 is 9.59 Å². The number of fused-ring (bicyclic) bond motifs is 1. The molecule has 1 heterocycles. The van der Waals surface area contributed by atoms with Gasteiger partial charge in [-0.2, -0.15) is 0 Å². The smallest absolute Gasteiger partial charge is 0.266 e. The molecule has 32 heavy (non-hydrogen) atoms. The molecule has 168 valence electrons. The normalized spacial score (nSPS) is 11.9. The predicted molar refractivity (Wildman–Crippen MR) is 129 cm³/mol. The quantitative estimate of drug-likeness (QED) is 0.476. The minimum absolute atomic E-state index is 0.103. The van der Waals surface area contributed by atoms with Crippen LogP contribution < -0.4 is 16.2 Å². The van der Waals surface area contributed by atoms with Gasteiger partial charge in [0.2, 0.25) is 5.91 Å². The summed E-state index contributed by atoms with van der Waals surface area (Å²) in [6.07, 6.45) is 1.05. The van der Waals surface area contributed by atoms with Gasteiger partial charge in [-0.15, -0.1) is 0 Å². The summed E-state index contributed by atoms with van der Waals surface area (Å²) in [5.74, 6) is -0.421. The van der Waals surface area contributed by atoms with E-state index in [1.165, 1.54) is 4.57 Å². The molecular formula is C24H28N4O3S. The van der Waals surface area contributed by atoms with E-state index in [4.69, 9.17) is 12.2 Å². The number of nitrogens with zero attached hydrogens (tertiary/aromatic N) is 1. The van der Waals surface area contributed by atoms with Gasteiger partial charge in [0, 0.05) is 24.6 Å². The van der Waals surface area contributed by atoms with Crippen molar-refractivity contribution in [2.75, 3.05) is 6.54 Å². The van der Waals surface area contributed by atoms with Crippen LogP contribution in [0.1, 0.15) is 48.2 Å². The van der Waals surface area contributed by atoms with Crippen molar-refractivity contribution >= 4 is 34.9 Å². The maximum Gasteiger partial charge on any atom is 0.266 e. The number of H-pyrrole nitrogens is 1. The highest BCUT2D eigenvalue weighted by Crippen LogP contribution is 2.18. The average molecular weight is 453 g/mol. The van der Waals surface area contributed by atoms with Gasteiger partial charge < -0.3 is 15.6 Å². The van der Waals surface area contributed by atoms with Gasteiger partial charge in [0.25, 0.3) is 11.5 Å². The van der Waals surface area contributed by atoms with Crippen molar-refractivity contribution in [1.29, 1.82) is 0 Å². The van der Waals surface area contributed by atoms with E-state index < -0.39 is 0 Å². The van der Waals surface area contributed by atoms with Crippen LogP contribution in [0.2, 0.25) is 0 Å². The number of carbonyl (C=O) groups is 2. The zero-order valence-corrected chi connectivity index (χ0v) is 19.6. The van der Waals surface area contributed by atoms with Crippen LogP contribution in [0, 0.1) is 18.6 Å². The number of aryl methyl sites for hydroxylation is 1. The number of hydrogen-bond acceptors (Lipinski definition) is 4. The van der Waals surface area contributed by atoms with Gasteiger partial charge in [-0.25, -0.2) is 0 Å². The fourth-order valence-electron chi connectivity index (χ4n) is 3.40. The van der Waals surface area contributed by atoms with Crippen LogP contribution in [0.25, 0.3) is 16.6 Å². The summed E-state index contributed by atoms with van der Waals surface area (Å²) in [6.45, 7) is 8.09. The number of benzene rings is 2. The predicted octanol–water partition coefficient (Wildman–Crippen LogP) is 3.70. The number of amides is 2. The van der Waals surface area contributed by atoms with Crippen LogP contribution in [0.3, 0.4) is 0 Å². The molecule has 0 spiro atoms. The molecule has 1 aromatic heterocycles. The molecule has 3 N–H and O–H groups in total. The molecule has 2 amide bonds. The maximum absolute atomic E-state index is 13.2. The van der Waals surface area contributed by atoms with Crippen LogP contribution in [0.15, 0.2) is 41.2 Å². The third-order valence-electron chi connectivity index (χ3n) is 5.63. The molecule has 2 aromatic carbocycles. The van der Waals surface area contributed by atoms with Gasteiger partial charge in [-0.1, -0.05) is 19.1 Å². The van der Waals surface area contributed by atoms with Crippen molar-refractivity contribution in [3.05, 3.63) is 68.2 Å². The van der Waals surface area contributed by atoms with Gasteiger partial charge in [0.05, 0.1) is 16.6 Å². The van der Waals surface area contributed by atoms with Gasteiger partial charge in [-0.3, -0.25) is 19.0 Å². The van der Waals surface area contributed by atoms with Crippen molar-refractivity contribution in [2.45, 2.75) is 46.6 Å². The molecule has 1 unspecified atom stereocenters. The summed E-state index contributed by atoms with van der Waals surface area (Å²) in [4.78, 5) is 40.6. The van der Waals surface area contributed by atoms with Gasteiger partial charge in [0.15, 0.2) is 4.77 Å². The van der Waals surface area contributed by atoms with E-state index in [-0.39, 0.29) is 41.2 Å². The molecule has 3 aromatic rings. The second-order valence-electron chi connectivity index (χ2n) is 7.93. The standard InChI is InChI=1S/C24H28N4O3S/c1-5-15(3)26-21(29)11-12-25-22(30)17-9-10-18-19(13-17)27-24(32)28(23(18)31)20-8-6-7-14(2)16(20)4/h6-10,13,15H,5,11-12H2,1-4H3,(H,25,30)(H,26,29)(H,27,32). The number of carbonyl (C=O) groups excluding carboxylic acids is 2. The molecule has 0 radical (unpaired) electrons. The second kappa shape index (κ2) is 9.91. The highest BCUT2D eigenvalue weighted by atomic mass is 32.1. The lowest BCUT2D eigenvalue weighted by atomic mass is 10.1. The average Bonchev–Trinajstić information content (AvgIpc) is 2.76. The molecule has 0 aliphatic rings. The van der Waals surface area contributed by atoms with Crippen LogP contribution in [0.5, 0.6) is 0 Å². The summed E-state index contributed by atoms with van der Waals surface area (Å²) in [5.41, 5.74) is 3.40. The Bertz CT molecular complexity index is 1290. The van der Waals surface area contributed by atoms with Crippen molar-refractivity contribution in [3.63, 3.8) is 0 Å². The fourth-order valence-corrected chi connectivity index (χ4v) is 3.69. The minimum atomic E-state index is -0.318. The molecule has 0 aliphatic carbocycles. The number of aromatic amines is 1. The van der Waals surface area contributed by atoms with E-state index in [0.717, 1.165) is 23.2 Å². The summed E-state index contributed by atoms with van der Waals surface area (Å²) in [5, 5.41) is 6.04. The van der Waals surface area contributed by atoms with E-state index in [1.807, 2.05) is 45.9 Å². The van der Waals surface area contributed by atoms with Gasteiger partial charge >= 0.3 is 0 Å². The molecule has 8 heteroatoms. The lowest BCUT2D eigenvalue weighted by molar-refractivity contribution is -0.121. The molecule has 1 atom stereocenters. The lowest BCUT2D eigenvalue weighted by Gasteiger charge is -2.13. The molecule has 0 aliphatic heterocycles. The Morgan fingerprint density at radius 2 is 1.94 bits per heavy atom. The highest BCUT2D eigenvalue weighted by molar-refractivity contribution is 7.71. The highest BCUT2D eigenvalue weighted by Gasteiger charge is 2.13. The van der Waals surface area contributed by atoms with Crippen molar-refractivity contribution in [2.24, 2.45) is 0 Å². The van der Waals surface area contributed by atoms with E-state index in [2.05, 4.69) is 15.6 Å². The molecule has 7 nitrogen and oxygen atoms in total. The Kier molecular flexibility index (Phi) is 7.25. The van der Waals surface area contributed by atoms with Gasteiger partial charge in [0.1, 0.15) is 0 Å². The first-order valence-corrected chi connectivity index (χ1v) is 11.1. The Morgan fingerprint density at radius 1 is 1.19 bits per heavy atom. The number of rotatable bonds is 7. The van der Waals surface area contributed by atoms with E-state index in [0.29, 0.717) is 16.5 Å². The lowest BCUT2D eigenvalue weighted by Crippen LogP contribution is -2.35. The first-order chi connectivity index (χ1) is 15.2. The summed E-state index contributed by atoms with van der Waals surface area (Å²) in [7, 11) is 0. The van der Waals surface area contributed by atoms with Crippen molar-refractivity contribution in [1.82, 2.24) is 20.2 Å². The molecule has 0 saturated heterocycles.